The first-order chi connectivity index (χ1) is 11.5. The molecule has 10 heteroatoms. The number of aliphatic carboxylic acids is 1. The number of esters is 1. The molecule has 0 unspecified atom stereocenters. The first-order valence-corrected chi connectivity index (χ1v) is 7.79. The SMILES string of the molecule is COC(=O)[C@@]1(N(C(=O)OC(C)(C)C)C(=O)OC(C)(C)C)C[C@@]1(F)C(=O)O. The summed E-state index contributed by atoms with van der Waals surface area (Å²) in [7, 11) is 0.882. The molecular formula is C16H24FNO8. The number of imide groups is 1. The topological polar surface area (TPSA) is 119 Å². The predicted octanol–water partition coefficient (Wildman–Crippen LogP) is 2.27. The number of alkyl halides is 1. The lowest BCUT2D eigenvalue weighted by Crippen LogP contribution is -2.58. The van der Waals surface area contributed by atoms with Gasteiger partial charge < -0.3 is 19.3 Å². The number of amides is 2. The number of hydrogen-bond acceptors (Lipinski definition) is 7. The molecule has 0 radical (unpaired) electrons. The molecule has 0 heterocycles. The Bertz CT molecular complexity index is 607. The summed E-state index contributed by atoms with van der Waals surface area (Å²) in [5.41, 5.74) is -8.14. The van der Waals surface area contributed by atoms with Crippen molar-refractivity contribution in [3.8, 4) is 0 Å². The van der Waals surface area contributed by atoms with Gasteiger partial charge in [-0.05, 0) is 41.5 Å². The van der Waals surface area contributed by atoms with Crippen molar-refractivity contribution in [3.05, 3.63) is 0 Å². The van der Waals surface area contributed by atoms with E-state index in [2.05, 4.69) is 4.74 Å². The van der Waals surface area contributed by atoms with E-state index in [-0.39, 0.29) is 4.90 Å². The van der Waals surface area contributed by atoms with Gasteiger partial charge in [0.2, 0.25) is 11.2 Å². The number of carboxylic acid groups (broad SMARTS) is 1. The van der Waals surface area contributed by atoms with Crippen LogP contribution in [0.5, 0.6) is 0 Å². The Balaban J connectivity index is 3.47. The fraction of sp³-hybridized carbons (Fsp3) is 0.750. The van der Waals surface area contributed by atoms with Crippen LogP contribution in [0.3, 0.4) is 0 Å². The zero-order chi connectivity index (χ0) is 20.7. The zero-order valence-corrected chi connectivity index (χ0v) is 15.8. The lowest BCUT2D eigenvalue weighted by atomic mass is 10.1. The van der Waals surface area contributed by atoms with Crippen LogP contribution in [-0.2, 0) is 23.8 Å². The second-order valence-corrected chi connectivity index (χ2v) is 7.93. The van der Waals surface area contributed by atoms with Gasteiger partial charge >= 0.3 is 24.1 Å². The molecule has 1 rings (SSSR count). The van der Waals surface area contributed by atoms with Gasteiger partial charge in [-0.2, -0.15) is 4.90 Å². The van der Waals surface area contributed by atoms with Crippen LogP contribution < -0.4 is 0 Å². The van der Waals surface area contributed by atoms with Crippen LogP contribution in [-0.4, -0.2) is 63.7 Å². The van der Waals surface area contributed by atoms with Crippen LogP contribution in [0.2, 0.25) is 0 Å². The van der Waals surface area contributed by atoms with E-state index >= 15 is 0 Å². The average Bonchev–Trinajstić information content (AvgIpc) is 3.02. The highest BCUT2D eigenvalue weighted by Gasteiger charge is 2.85. The van der Waals surface area contributed by atoms with E-state index in [4.69, 9.17) is 14.6 Å². The maximum atomic E-state index is 14.9. The minimum absolute atomic E-state index is 0.0590. The fourth-order valence-electron chi connectivity index (χ4n) is 2.31. The van der Waals surface area contributed by atoms with Gasteiger partial charge in [-0.1, -0.05) is 0 Å². The van der Waals surface area contributed by atoms with E-state index in [0.717, 1.165) is 7.11 Å². The number of methoxy groups -OCH3 is 1. The van der Waals surface area contributed by atoms with Gasteiger partial charge in [-0.3, -0.25) is 0 Å². The van der Waals surface area contributed by atoms with E-state index < -0.39 is 53.0 Å². The van der Waals surface area contributed by atoms with Crippen molar-refractivity contribution in [3.63, 3.8) is 0 Å². The first kappa shape index (κ1) is 21.7. The number of carbonyl (C=O) groups excluding carboxylic acids is 3. The molecule has 1 fully saturated rings. The number of carbonyl (C=O) groups is 4. The lowest BCUT2D eigenvalue weighted by Gasteiger charge is -2.32. The summed E-state index contributed by atoms with van der Waals surface area (Å²) in [5.74, 6) is -3.42. The molecule has 1 saturated carbocycles. The van der Waals surface area contributed by atoms with Crippen molar-refractivity contribution in [2.45, 2.75) is 70.4 Å². The van der Waals surface area contributed by atoms with Gasteiger partial charge in [0.15, 0.2) is 0 Å². The van der Waals surface area contributed by atoms with Crippen LogP contribution in [0, 0.1) is 0 Å². The Morgan fingerprint density at radius 3 is 1.58 bits per heavy atom. The standard InChI is InChI=1S/C16H24FNO8/c1-13(2,3)25-11(22)18(12(23)26-14(4,5)6)16(10(21)24-7)8-15(16,17)9(19)20/h8H2,1-7H3,(H,19,20)/t15-,16+/m1/s1. The van der Waals surface area contributed by atoms with E-state index in [1.165, 1.54) is 41.5 Å². The molecule has 1 aliphatic carbocycles. The molecule has 0 spiro atoms. The molecule has 0 aliphatic heterocycles. The van der Waals surface area contributed by atoms with Crippen LogP contribution in [0.1, 0.15) is 48.0 Å². The highest BCUT2D eigenvalue weighted by molar-refractivity contribution is 6.06. The second kappa shape index (κ2) is 6.40. The fourth-order valence-corrected chi connectivity index (χ4v) is 2.31. The molecule has 0 saturated heterocycles. The molecule has 0 aromatic heterocycles. The van der Waals surface area contributed by atoms with Gasteiger partial charge in [0.1, 0.15) is 11.2 Å². The van der Waals surface area contributed by atoms with Gasteiger partial charge in [-0.25, -0.2) is 23.6 Å². The molecule has 0 aromatic carbocycles. The second-order valence-electron chi connectivity index (χ2n) is 7.93. The molecule has 0 bridgehead atoms. The van der Waals surface area contributed by atoms with Crippen LogP contribution >= 0.6 is 0 Å². The maximum Gasteiger partial charge on any atom is 0.421 e. The minimum atomic E-state index is -3.21. The summed E-state index contributed by atoms with van der Waals surface area (Å²) in [5, 5.41) is 9.16. The predicted molar refractivity (Wildman–Crippen MR) is 85.1 cm³/mol. The van der Waals surface area contributed by atoms with E-state index in [1.807, 2.05) is 0 Å². The number of rotatable bonds is 3. The monoisotopic (exact) mass is 377 g/mol. The van der Waals surface area contributed by atoms with Crippen molar-refractivity contribution >= 4 is 24.1 Å². The third kappa shape index (κ3) is 3.88. The smallest absolute Gasteiger partial charge is 0.421 e. The van der Waals surface area contributed by atoms with Crippen LogP contribution in [0.4, 0.5) is 14.0 Å². The number of halogens is 1. The molecule has 0 aromatic rings. The maximum absolute atomic E-state index is 14.9. The summed E-state index contributed by atoms with van der Waals surface area (Å²) in [6.45, 7) is 8.89. The minimum Gasteiger partial charge on any atom is -0.479 e. The Labute approximate surface area is 150 Å². The van der Waals surface area contributed by atoms with Crippen molar-refractivity contribution in [1.29, 1.82) is 0 Å². The Morgan fingerprint density at radius 1 is 0.962 bits per heavy atom. The quantitative estimate of drug-likeness (QED) is 0.587. The van der Waals surface area contributed by atoms with Gasteiger partial charge in [-0.15, -0.1) is 0 Å². The molecule has 26 heavy (non-hydrogen) atoms. The van der Waals surface area contributed by atoms with Crippen LogP contribution in [0.15, 0.2) is 0 Å². The summed E-state index contributed by atoms with van der Waals surface area (Å²) < 4.78 is 29.4. The largest absolute Gasteiger partial charge is 0.479 e. The van der Waals surface area contributed by atoms with Gasteiger partial charge in [0.25, 0.3) is 0 Å². The van der Waals surface area contributed by atoms with E-state index in [9.17, 15) is 23.6 Å². The first-order valence-electron chi connectivity index (χ1n) is 7.79. The highest BCUT2D eigenvalue weighted by Crippen LogP contribution is 2.57. The Morgan fingerprint density at radius 2 is 1.35 bits per heavy atom. The number of hydrogen-bond donors (Lipinski definition) is 1. The Kier molecular flexibility index (Phi) is 5.33. The van der Waals surface area contributed by atoms with Crippen molar-refractivity contribution in [1.82, 2.24) is 4.90 Å². The van der Waals surface area contributed by atoms with Gasteiger partial charge in [0, 0.05) is 6.42 Å². The summed E-state index contributed by atoms with van der Waals surface area (Å²) in [6, 6.07) is 0. The lowest BCUT2D eigenvalue weighted by molar-refractivity contribution is -0.157. The third-order valence-electron chi connectivity index (χ3n) is 3.43. The van der Waals surface area contributed by atoms with Crippen molar-refractivity contribution in [2.24, 2.45) is 0 Å². The van der Waals surface area contributed by atoms with Crippen molar-refractivity contribution < 1.29 is 42.9 Å². The van der Waals surface area contributed by atoms with Crippen molar-refractivity contribution in [2.75, 3.05) is 7.11 Å². The number of ether oxygens (including phenoxy) is 3. The molecule has 2 amide bonds. The molecular weight excluding hydrogens is 353 g/mol. The third-order valence-corrected chi connectivity index (χ3v) is 3.43. The number of carboxylic acids is 1. The summed E-state index contributed by atoms with van der Waals surface area (Å²) >= 11 is 0. The molecule has 148 valence electrons. The summed E-state index contributed by atoms with van der Waals surface area (Å²) in [4.78, 5) is 48.7. The molecule has 2 atom stereocenters. The Hall–Kier alpha value is -2.39. The van der Waals surface area contributed by atoms with Gasteiger partial charge in [0.05, 0.1) is 7.11 Å². The van der Waals surface area contributed by atoms with E-state index in [1.54, 1.807) is 0 Å². The average molecular weight is 377 g/mol. The molecule has 1 aliphatic rings. The molecule has 1 N–H and O–H groups in total. The zero-order valence-electron chi connectivity index (χ0n) is 15.8. The number of nitrogens with zero attached hydrogens (tertiary/aromatic N) is 1. The normalized spacial score (nSPS) is 25.1. The highest BCUT2D eigenvalue weighted by atomic mass is 19.1. The molecule has 9 nitrogen and oxygen atoms in total. The van der Waals surface area contributed by atoms with Crippen LogP contribution in [0.25, 0.3) is 0 Å². The van der Waals surface area contributed by atoms with E-state index in [0.29, 0.717) is 0 Å². The summed E-state index contributed by atoms with van der Waals surface area (Å²) in [6.07, 6.45) is -3.81.